The van der Waals surface area contributed by atoms with Crippen LogP contribution >= 0.6 is 0 Å². The molecule has 0 saturated heterocycles. The number of ether oxygens (including phenoxy) is 1. The number of hydrogen-bond acceptors (Lipinski definition) is 4. The van der Waals surface area contributed by atoms with Gasteiger partial charge >= 0.3 is 5.97 Å². The van der Waals surface area contributed by atoms with Gasteiger partial charge in [-0.3, -0.25) is 4.79 Å². The number of rotatable bonds is 5. The molecule has 2 aromatic carbocycles. The highest BCUT2D eigenvalue weighted by Crippen LogP contribution is 2.32. The van der Waals surface area contributed by atoms with Crippen LogP contribution in [0.15, 0.2) is 42.5 Å². The fourth-order valence-electron chi connectivity index (χ4n) is 1.92. The largest absolute Gasteiger partial charge is 0.506 e. The van der Waals surface area contributed by atoms with Crippen molar-refractivity contribution in [2.24, 2.45) is 0 Å². The second-order valence-corrected chi connectivity index (χ2v) is 4.47. The van der Waals surface area contributed by atoms with Gasteiger partial charge in [0, 0.05) is 0 Å². The van der Waals surface area contributed by atoms with Gasteiger partial charge in [0.05, 0.1) is 5.56 Å². The Morgan fingerprint density at radius 2 is 1.76 bits per heavy atom. The zero-order valence-corrected chi connectivity index (χ0v) is 11.4. The minimum Gasteiger partial charge on any atom is -0.506 e. The van der Waals surface area contributed by atoms with E-state index in [1.165, 1.54) is 19.1 Å². The van der Waals surface area contributed by atoms with Crippen LogP contribution in [0.3, 0.4) is 0 Å². The number of ketones is 1. The minimum absolute atomic E-state index is 0.0221. The molecule has 108 valence electrons. The SMILES string of the molecule is CC(=O)c1ccc(OCc2ccccc2)c(C(=O)O)c1O. The van der Waals surface area contributed by atoms with Crippen molar-refractivity contribution in [1.29, 1.82) is 0 Å². The van der Waals surface area contributed by atoms with Crippen LogP contribution < -0.4 is 4.74 Å². The molecule has 0 fully saturated rings. The molecular weight excluding hydrogens is 272 g/mol. The summed E-state index contributed by atoms with van der Waals surface area (Å²) in [6, 6.07) is 11.9. The molecule has 2 rings (SSSR count). The topological polar surface area (TPSA) is 83.8 Å². The third-order valence-corrected chi connectivity index (χ3v) is 2.97. The summed E-state index contributed by atoms with van der Waals surface area (Å²) in [5.41, 5.74) is 0.419. The first-order valence-corrected chi connectivity index (χ1v) is 6.27. The third-order valence-electron chi connectivity index (χ3n) is 2.97. The van der Waals surface area contributed by atoms with Gasteiger partial charge < -0.3 is 14.9 Å². The van der Waals surface area contributed by atoms with Gasteiger partial charge in [0.15, 0.2) is 5.78 Å². The fourth-order valence-corrected chi connectivity index (χ4v) is 1.92. The summed E-state index contributed by atoms with van der Waals surface area (Å²) >= 11 is 0. The van der Waals surface area contributed by atoms with Crippen LogP contribution in [0.2, 0.25) is 0 Å². The molecule has 0 radical (unpaired) electrons. The van der Waals surface area contributed by atoms with E-state index in [0.717, 1.165) is 5.56 Å². The summed E-state index contributed by atoms with van der Waals surface area (Å²) in [5.74, 6) is -2.31. The van der Waals surface area contributed by atoms with E-state index in [1.54, 1.807) is 0 Å². The molecule has 2 N–H and O–H groups in total. The van der Waals surface area contributed by atoms with Gasteiger partial charge in [0.1, 0.15) is 23.7 Å². The van der Waals surface area contributed by atoms with Gasteiger partial charge in [-0.05, 0) is 24.6 Å². The highest BCUT2D eigenvalue weighted by molar-refractivity contribution is 6.03. The smallest absolute Gasteiger partial charge is 0.343 e. The normalized spacial score (nSPS) is 10.1. The van der Waals surface area contributed by atoms with E-state index in [2.05, 4.69) is 0 Å². The highest BCUT2D eigenvalue weighted by Gasteiger charge is 2.21. The number of aromatic hydroxyl groups is 1. The molecule has 0 bridgehead atoms. The molecule has 0 aromatic heterocycles. The van der Waals surface area contributed by atoms with Crippen LogP contribution in [-0.4, -0.2) is 22.0 Å². The van der Waals surface area contributed by atoms with Gasteiger partial charge in [-0.25, -0.2) is 4.79 Å². The van der Waals surface area contributed by atoms with E-state index in [4.69, 9.17) is 4.74 Å². The summed E-state index contributed by atoms with van der Waals surface area (Å²) in [7, 11) is 0. The number of carbonyl (C=O) groups excluding carboxylic acids is 1. The average Bonchev–Trinajstić information content (AvgIpc) is 2.45. The molecule has 0 aliphatic rings. The van der Waals surface area contributed by atoms with Crippen LogP contribution in [0.5, 0.6) is 11.5 Å². The fraction of sp³-hybridized carbons (Fsp3) is 0.125. The lowest BCUT2D eigenvalue weighted by Crippen LogP contribution is -2.06. The Labute approximate surface area is 121 Å². The first-order chi connectivity index (χ1) is 10.0. The number of carbonyl (C=O) groups is 2. The maximum Gasteiger partial charge on any atom is 0.343 e. The van der Waals surface area contributed by atoms with Crippen molar-refractivity contribution in [3.05, 3.63) is 59.2 Å². The maximum absolute atomic E-state index is 11.3. The third kappa shape index (κ3) is 3.20. The lowest BCUT2D eigenvalue weighted by Gasteiger charge is -2.12. The molecule has 21 heavy (non-hydrogen) atoms. The Hall–Kier alpha value is -2.82. The number of benzene rings is 2. The van der Waals surface area contributed by atoms with Crippen molar-refractivity contribution in [3.63, 3.8) is 0 Å². The molecular formula is C16H14O5. The van der Waals surface area contributed by atoms with Gasteiger partial charge in [-0.1, -0.05) is 30.3 Å². The van der Waals surface area contributed by atoms with E-state index >= 15 is 0 Å². The summed E-state index contributed by atoms with van der Waals surface area (Å²) in [6.07, 6.45) is 0. The lowest BCUT2D eigenvalue weighted by molar-refractivity contribution is 0.0688. The zero-order valence-electron chi connectivity index (χ0n) is 11.4. The molecule has 0 spiro atoms. The summed E-state index contributed by atoms with van der Waals surface area (Å²) in [5, 5.41) is 19.1. The number of hydrogen-bond donors (Lipinski definition) is 2. The number of Topliss-reactive ketones (excluding diaryl/α,β-unsaturated/α-hetero) is 1. The molecule has 0 aliphatic heterocycles. The monoisotopic (exact) mass is 286 g/mol. The molecule has 0 saturated carbocycles. The van der Waals surface area contributed by atoms with Crippen molar-refractivity contribution in [2.45, 2.75) is 13.5 Å². The van der Waals surface area contributed by atoms with Crippen LogP contribution in [0.4, 0.5) is 0 Å². The molecule has 0 heterocycles. The predicted octanol–water partition coefficient (Wildman–Crippen LogP) is 2.87. The molecule has 0 aliphatic carbocycles. The van der Waals surface area contributed by atoms with Crippen LogP contribution in [0.25, 0.3) is 0 Å². The van der Waals surface area contributed by atoms with Crippen LogP contribution in [-0.2, 0) is 6.61 Å². The summed E-state index contributed by atoms with van der Waals surface area (Å²) in [6.45, 7) is 1.42. The van der Waals surface area contributed by atoms with E-state index in [0.29, 0.717) is 0 Å². The summed E-state index contributed by atoms with van der Waals surface area (Å²) in [4.78, 5) is 22.6. The molecule has 0 amide bonds. The van der Waals surface area contributed by atoms with Gasteiger partial charge in [-0.15, -0.1) is 0 Å². The number of carboxylic acid groups (broad SMARTS) is 1. The molecule has 5 heteroatoms. The highest BCUT2D eigenvalue weighted by atomic mass is 16.5. The number of carboxylic acids is 1. The van der Waals surface area contributed by atoms with Crippen LogP contribution in [0, 0.1) is 0 Å². The lowest BCUT2D eigenvalue weighted by atomic mass is 10.0. The predicted molar refractivity (Wildman–Crippen MR) is 75.8 cm³/mol. The van der Waals surface area contributed by atoms with E-state index in [9.17, 15) is 19.8 Å². The van der Waals surface area contributed by atoms with E-state index in [1.807, 2.05) is 30.3 Å². The molecule has 2 aromatic rings. The van der Waals surface area contributed by atoms with Gasteiger partial charge in [-0.2, -0.15) is 0 Å². The van der Waals surface area contributed by atoms with Crippen LogP contribution in [0.1, 0.15) is 33.2 Å². The Morgan fingerprint density at radius 3 is 2.33 bits per heavy atom. The Balaban J connectivity index is 2.33. The van der Waals surface area contributed by atoms with Gasteiger partial charge in [0.2, 0.25) is 0 Å². The average molecular weight is 286 g/mol. The second-order valence-electron chi connectivity index (χ2n) is 4.47. The number of aromatic carboxylic acids is 1. The van der Waals surface area contributed by atoms with Crippen molar-refractivity contribution in [2.75, 3.05) is 0 Å². The molecule has 0 unspecified atom stereocenters. The van der Waals surface area contributed by atoms with Gasteiger partial charge in [0.25, 0.3) is 0 Å². The first kappa shape index (κ1) is 14.6. The van der Waals surface area contributed by atoms with Crippen molar-refractivity contribution < 1.29 is 24.5 Å². The first-order valence-electron chi connectivity index (χ1n) is 6.27. The Bertz CT molecular complexity index is 677. The van der Waals surface area contributed by atoms with Crippen molar-refractivity contribution in [1.82, 2.24) is 0 Å². The van der Waals surface area contributed by atoms with Crippen molar-refractivity contribution in [3.8, 4) is 11.5 Å². The number of phenols is 1. The zero-order chi connectivity index (χ0) is 15.4. The Kier molecular flexibility index (Phi) is 4.23. The molecule has 5 nitrogen and oxygen atoms in total. The standard InChI is InChI=1S/C16H14O5/c1-10(17)12-7-8-13(14(15(12)18)16(19)20)21-9-11-5-3-2-4-6-11/h2-8,18H,9H2,1H3,(H,19,20). The maximum atomic E-state index is 11.3. The van der Waals surface area contributed by atoms with E-state index < -0.39 is 23.1 Å². The quantitative estimate of drug-likeness (QED) is 0.826. The van der Waals surface area contributed by atoms with E-state index in [-0.39, 0.29) is 17.9 Å². The molecule has 0 atom stereocenters. The second kappa shape index (κ2) is 6.09. The summed E-state index contributed by atoms with van der Waals surface area (Å²) < 4.78 is 5.45. The van der Waals surface area contributed by atoms with Crippen molar-refractivity contribution >= 4 is 11.8 Å². The minimum atomic E-state index is -1.35. The Morgan fingerprint density at radius 1 is 1.10 bits per heavy atom.